The zero-order valence-corrected chi connectivity index (χ0v) is 16.1. The molecule has 0 unspecified atom stereocenters. The second-order valence-corrected chi connectivity index (χ2v) is 6.67. The molecule has 0 saturated carbocycles. The number of nitrogens with one attached hydrogen (secondary N) is 1. The molecule has 0 fully saturated rings. The van der Waals surface area contributed by atoms with Crippen LogP contribution in [0.1, 0.15) is 16.2 Å². The van der Waals surface area contributed by atoms with Crippen molar-refractivity contribution in [3.8, 4) is 11.3 Å². The summed E-state index contributed by atoms with van der Waals surface area (Å²) >= 11 is 5.89. The average Bonchev–Trinajstić information content (AvgIpc) is 3.20. The Bertz CT molecular complexity index is 1290. The first-order valence-corrected chi connectivity index (χ1v) is 9.06. The third-order valence-corrected chi connectivity index (χ3v) is 4.54. The number of furan rings is 1. The van der Waals surface area contributed by atoms with Crippen LogP contribution in [0.2, 0.25) is 5.02 Å². The van der Waals surface area contributed by atoms with Crippen molar-refractivity contribution >= 4 is 34.5 Å². The molecule has 144 valence electrons. The molecule has 0 bridgehead atoms. The summed E-state index contributed by atoms with van der Waals surface area (Å²) in [7, 11) is 1.50. The highest BCUT2D eigenvalue weighted by atomic mass is 35.5. The number of carbonyl (C=O) groups excluding carboxylic acids is 1. The molecular formula is C21H15ClN4O3. The maximum atomic E-state index is 12.5. The number of hydrazone groups is 1. The van der Waals surface area contributed by atoms with Gasteiger partial charge in [-0.3, -0.25) is 9.59 Å². The molecule has 4 rings (SSSR count). The van der Waals surface area contributed by atoms with Gasteiger partial charge in [0.15, 0.2) is 5.69 Å². The molecule has 29 heavy (non-hydrogen) atoms. The quantitative estimate of drug-likeness (QED) is 0.414. The molecule has 2 heterocycles. The second-order valence-electron chi connectivity index (χ2n) is 6.23. The molecule has 0 aliphatic carbocycles. The van der Waals surface area contributed by atoms with E-state index in [4.69, 9.17) is 16.0 Å². The normalized spacial score (nSPS) is 11.2. The molecular weight excluding hydrogens is 392 g/mol. The van der Waals surface area contributed by atoms with Gasteiger partial charge in [0.1, 0.15) is 11.5 Å². The maximum absolute atomic E-state index is 12.5. The molecule has 4 aromatic rings. The molecule has 2 aromatic carbocycles. The molecule has 0 aliphatic rings. The molecule has 0 spiro atoms. The molecule has 0 radical (unpaired) electrons. The number of aromatic nitrogens is 2. The number of hydrogen-bond acceptors (Lipinski definition) is 5. The van der Waals surface area contributed by atoms with Gasteiger partial charge in [-0.05, 0) is 42.5 Å². The van der Waals surface area contributed by atoms with E-state index in [-0.39, 0.29) is 11.3 Å². The number of fused-ring (bicyclic) bond motifs is 1. The Balaban J connectivity index is 1.53. The minimum atomic E-state index is -0.530. The van der Waals surface area contributed by atoms with Crippen molar-refractivity contribution in [2.75, 3.05) is 0 Å². The van der Waals surface area contributed by atoms with Gasteiger partial charge in [0.05, 0.1) is 11.6 Å². The fourth-order valence-electron chi connectivity index (χ4n) is 2.87. The number of nitrogens with zero attached hydrogens (tertiary/aromatic N) is 3. The maximum Gasteiger partial charge on any atom is 0.292 e. The Kier molecular flexibility index (Phi) is 4.97. The number of aryl methyl sites for hydroxylation is 1. The van der Waals surface area contributed by atoms with Crippen molar-refractivity contribution in [3.05, 3.63) is 87.5 Å². The van der Waals surface area contributed by atoms with Crippen LogP contribution in [-0.2, 0) is 7.05 Å². The number of hydrogen-bond donors (Lipinski definition) is 1. The van der Waals surface area contributed by atoms with Crippen molar-refractivity contribution in [2.24, 2.45) is 12.1 Å². The highest BCUT2D eigenvalue weighted by Crippen LogP contribution is 2.23. The van der Waals surface area contributed by atoms with Crippen LogP contribution >= 0.6 is 11.6 Å². The lowest BCUT2D eigenvalue weighted by molar-refractivity contribution is 0.0950. The average molecular weight is 407 g/mol. The standard InChI is InChI=1S/C21H15ClN4O3/c1-26-21(28)17-5-3-2-4-16(17)19(25-26)20(27)24-23-12-15-10-11-18(29-15)13-6-8-14(22)9-7-13/h2-12H,1H3,(H,24,27)/b23-12+. The molecule has 0 atom stereocenters. The number of rotatable bonds is 4. The topological polar surface area (TPSA) is 89.5 Å². The monoisotopic (exact) mass is 406 g/mol. The fourth-order valence-corrected chi connectivity index (χ4v) is 2.99. The van der Waals surface area contributed by atoms with Gasteiger partial charge >= 0.3 is 0 Å². The molecule has 1 amide bonds. The van der Waals surface area contributed by atoms with E-state index in [0.29, 0.717) is 27.3 Å². The Morgan fingerprint density at radius 3 is 2.59 bits per heavy atom. The molecule has 0 saturated heterocycles. The first-order chi connectivity index (χ1) is 14.0. The summed E-state index contributed by atoms with van der Waals surface area (Å²) in [5.74, 6) is 0.589. The van der Waals surface area contributed by atoms with Crippen LogP contribution < -0.4 is 11.0 Å². The van der Waals surface area contributed by atoms with Gasteiger partial charge in [-0.25, -0.2) is 10.1 Å². The minimum Gasteiger partial charge on any atom is -0.455 e. The molecule has 2 aromatic heterocycles. The summed E-state index contributed by atoms with van der Waals surface area (Å²) in [6.45, 7) is 0. The van der Waals surface area contributed by atoms with Crippen LogP contribution in [0.5, 0.6) is 0 Å². The lowest BCUT2D eigenvalue weighted by Gasteiger charge is -2.06. The van der Waals surface area contributed by atoms with Gasteiger partial charge in [-0.15, -0.1) is 0 Å². The predicted molar refractivity (Wildman–Crippen MR) is 111 cm³/mol. The smallest absolute Gasteiger partial charge is 0.292 e. The Labute approximate surface area is 170 Å². The minimum absolute atomic E-state index is 0.112. The van der Waals surface area contributed by atoms with Crippen LogP contribution in [0.3, 0.4) is 0 Å². The van der Waals surface area contributed by atoms with E-state index < -0.39 is 5.91 Å². The van der Waals surface area contributed by atoms with Crippen LogP contribution in [-0.4, -0.2) is 21.9 Å². The van der Waals surface area contributed by atoms with Crippen molar-refractivity contribution in [1.82, 2.24) is 15.2 Å². The number of carbonyl (C=O) groups is 1. The molecule has 7 nitrogen and oxygen atoms in total. The van der Waals surface area contributed by atoms with Crippen LogP contribution in [0.15, 0.2) is 75.0 Å². The largest absolute Gasteiger partial charge is 0.455 e. The number of benzene rings is 2. The molecule has 0 aliphatic heterocycles. The van der Waals surface area contributed by atoms with Crippen molar-refractivity contribution < 1.29 is 9.21 Å². The zero-order valence-electron chi connectivity index (χ0n) is 15.3. The highest BCUT2D eigenvalue weighted by Gasteiger charge is 2.15. The fraction of sp³-hybridized carbons (Fsp3) is 0.0476. The lowest BCUT2D eigenvalue weighted by atomic mass is 10.1. The van der Waals surface area contributed by atoms with E-state index in [9.17, 15) is 9.59 Å². The summed E-state index contributed by atoms with van der Waals surface area (Å²) in [5.41, 5.74) is 3.13. The van der Waals surface area contributed by atoms with Gasteiger partial charge in [0.25, 0.3) is 11.5 Å². The van der Waals surface area contributed by atoms with Gasteiger partial charge < -0.3 is 4.42 Å². The van der Waals surface area contributed by atoms with E-state index in [0.717, 1.165) is 10.2 Å². The first-order valence-electron chi connectivity index (χ1n) is 8.68. The molecule has 8 heteroatoms. The van der Waals surface area contributed by atoms with Crippen molar-refractivity contribution in [3.63, 3.8) is 0 Å². The summed E-state index contributed by atoms with van der Waals surface area (Å²) in [4.78, 5) is 24.7. The Morgan fingerprint density at radius 2 is 1.83 bits per heavy atom. The third kappa shape index (κ3) is 3.81. The van der Waals surface area contributed by atoms with Gasteiger partial charge in [-0.1, -0.05) is 29.8 Å². The van der Waals surface area contributed by atoms with E-state index in [1.807, 2.05) is 12.1 Å². The summed E-state index contributed by atoms with van der Waals surface area (Å²) in [6.07, 6.45) is 1.39. The van der Waals surface area contributed by atoms with Gasteiger partial charge in [0, 0.05) is 23.0 Å². The van der Waals surface area contributed by atoms with Gasteiger partial charge in [-0.2, -0.15) is 10.2 Å². The van der Waals surface area contributed by atoms with Crippen LogP contribution in [0.25, 0.3) is 22.1 Å². The van der Waals surface area contributed by atoms with E-state index in [1.54, 1.807) is 48.5 Å². The van der Waals surface area contributed by atoms with E-state index >= 15 is 0 Å². The predicted octanol–water partition coefficient (Wildman–Crippen LogP) is 3.61. The number of amides is 1. The lowest BCUT2D eigenvalue weighted by Crippen LogP contribution is -2.27. The Hall–Kier alpha value is -3.71. The van der Waals surface area contributed by atoms with Gasteiger partial charge in [0.2, 0.25) is 0 Å². The summed E-state index contributed by atoms with van der Waals surface area (Å²) in [5, 5.41) is 9.51. The summed E-state index contributed by atoms with van der Waals surface area (Å²) < 4.78 is 6.83. The highest BCUT2D eigenvalue weighted by molar-refractivity contribution is 6.30. The van der Waals surface area contributed by atoms with E-state index in [1.165, 1.54) is 13.3 Å². The third-order valence-electron chi connectivity index (χ3n) is 4.28. The van der Waals surface area contributed by atoms with Crippen LogP contribution in [0.4, 0.5) is 0 Å². The summed E-state index contributed by atoms with van der Waals surface area (Å²) in [6, 6.07) is 17.6. The van der Waals surface area contributed by atoms with E-state index in [2.05, 4.69) is 15.6 Å². The second kappa shape index (κ2) is 7.73. The molecule has 1 N–H and O–H groups in total. The first kappa shape index (κ1) is 18.6. The SMILES string of the molecule is Cn1nc(C(=O)N/N=C/c2ccc(-c3ccc(Cl)cc3)o2)c2ccccc2c1=O. The van der Waals surface area contributed by atoms with Crippen molar-refractivity contribution in [1.29, 1.82) is 0 Å². The van der Waals surface area contributed by atoms with Crippen molar-refractivity contribution in [2.45, 2.75) is 0 Å². The van der Waals surface area contributed by atoms with Crippen LogP contribution in [0, 0.1) is 0 Å². The Morgan fingerprint density at radius 1 is 1.10 bits per heavy atom. The zero-order chi connectivity index (χ0) is 20.4. The number of halogens is 1.